The molecule has 138 valence electrons. The second-order valence-corrected chi connectivity index (χ2v) is 6.25. The Balaban J connectivity index is 1.56. The monoisotopic (exact) mass is 375 g/mol. The first kappa shape index (κ1) is 18.5. The average Bonchev–Trinajstić information content (AvgIpc) is 3.10. The minimum atomic E-state index is -0.485. The third-order valence-electron chi connectivity index (χ3n) is 3.91. The van der Waals surface area contributed by atoms with Crippen molar-refractivity contribution in [3.05, 3.63) is 59.1 Å². The molecule has 5 N–H and O–H groups in total. The summed E-state index contributed by atoms with van der Waals surface area (Å²) in [6.45, 7) is 2.97. The molecule has 1 aliphatic rings. The highest BCUT2D eigenvalue weighted by Crippen LogP contribution is 2.16. The van der Waals surface area contributed by atoms with Crippen LogP contribution in [0.25, 0.3) is 0 Å². The molecule has 1 fully saturated rings. The molecule has 1 saturated heterocycles. The van der Waals surface area contributed by atoms with Gasteiger partial charge in [0.1, 0.15) is 18.0 Å². The summed E-state index contributed by atoms with van der Waals surface area (Å²) in [5, 5.41) is 6.85. The Kier molecular flexibility index (Phi) is 6.30. The Morgan fingerprint density at radius 3 is 2.77 bits per heavy atom. The standard InChI is InChI=1S/C18H22ClN5O2/c1-2-26-15-5-3-4-12(10-15)11-20-18(25)16-17(23-24-22-16)21-14-8-6-13(19)7-9-14/h3-10,16-17,21-24H,2,11H2,1H3,(H,20,25). The molecule has 7 nitrogen and oxygen atoms in total. The van der Waals surface area contributed by atoms with Gasteiger partial charge in [-0.3, -0.25) is 4.79 Å². The molecule has 0 spiro atoms. The normalized spacial score (nSPS) is 19.2. The SMILES string of the molecule is CCOc1cccc(CNC(=O)C2NNNC2Nc2ccc(Cl)cc2)c1. The molecular formula is C18H22ClN5O2. The van der Waals surface area contributed by atoms with Crippen molar-refractivity contribution in [1.29, 1.82) is 0 Å². The topological polar surface area (TPSA) is 86.5 Å². The van der Waals surface area contributed by atoms with Gasteiger partial charge in [0.15, 0.2) is 0 Å². The first-order valence-electron chi connectivity index (χ1n) is 8.43. The van der Waals surface area contributed by atoms with E-state index < -0.39 is 6.04 Å². The molecule has 2 aromatic carbocycles. The van der Waals surface area contributed by atoms with Crippen LogP contribution >= 0.6 is 11.6 Å². The van der Waals surface area contributed by atoms with Crippen LogP contribution in [0, 0.1) is 0 Å². The number of benzene rings is 2. The van der Waals surface area contributed by atoms with Crippen LogP contribution < -0.4 is 31.8 Å². The number of amides is 1. The van der Waals surface area contributed by atoms with Crippen molar-refractivity contribution in [2.24, 2.45) is 0 Å². The molecule has 1 amide bonds. The lowest BCUT2D eigenvalue weighted by Gasteiger charge is -2.20. The maximum atomic E-state index is 12.5. The number of carbonyl (C=O) groups excluding carboxylic acids is 1. The van der Waals surface area contributed by atoms with Gasteiger partial charge in [-0.15, -0.1) is 0 Å². The van der Waals surface area contributed by atoms with Crippen molar-refractivity contribution in [3.8, 4) is 5.75 Å². The van der Waals surface area contributed by atoms with E-state index >= 15 is 0 Å². The summed E-state index contributed by atoms with van der Waals surface area (Å²) in [4.78, 5) is 12.5. The first-order chi connectivity index (χ1) is 12.7. The third kappa shape index (κ3) is 4.86. The zero-order valence-electron chi connectivity index (χ0n) is 14.4. The van der Waals surface area contributed by atoms with E-state index in [2.05, 4.69) is 27.0 Å². The Morgan fingerprint density at radius 1 is 1.19 bits per heavy atom. The number of hydrogen-bond donors (Lipinski definition) is 5. The van der Waals surface area contributed by atoms with Gasteiger partial charge in [-0.2, -0.15) is 5.53 Å². The first-order valence-corrected chi connectivity index (χ1v) is 8.81. The van der Waals surface area contributed by atoms with E-state index in [1.54, 1.807) is 12.1 Å². The van der Waals surface area contributed by atoms with Crippen molar-refractivity contribution >= 4 is 23.2 Å². The van der Waals surface area contributed by atoms with Crippen molar-refractivity contribution < 1.29 is 9.53 Å². The number of rotatable bonds is 7. The lowest BCUT2D eigenvalue weighted by molar-refractivity contribution is -0.123. The summed E-state index contributed by atoms with van der Waals surface area (Å²) in [5.74, 6) is 0.666. The molecule has 1 aliphatic heterocycles. The number of nitrogens with one attached hydrogen (secondary N) is 5. The van der Waals surface area contributed by atoms with E-state index in [0.717, 1.165) is 17.0 Å². The third-order valence-corrected chi connectivity index (χ3v) is 4.17. The van der Waals surface area contributed by atoms with E-state index in [1.165, 1.54) is 0 Å². The highest BCUT2D eigenvalue weighted by Gasteiger charge is 2.32. The Bertz CT molecular complexity index is 741. The van der Waals surface area contributed by atoms with E-state index in [1.807, 2.05) is 43.3 Å². The number of carbonyl (C=O) groups is 1. The Morgan fingerprint density at radius 2 is 2.00 bits per heavy atom. The Labute approximate surface area is 157 Å². The minimum absolute atomic E-state index is 0.129. The number of anilines is 1. The zero-order chi connectivity index (χ0) is 18.4. The van der Waals surface area contributed by atoms with Gasteiger partial charge in [0.25, 0.3) is 0 Å². The summed E-state index contributed by atoms with van der Waals surface area (Å²) in [5.41, 5.74) is 10.5. The van der Waals surface area contributed by atoms with Gasteiger partial charge in [-0.25, -0.2) is 10.9 Å². The fourth-order valence-electron chi connectivity index (χ4n) is 2.64. The lowest BCUT2D eigenvalue weighted by Crippen LogP contribution is -2.50. The molecule has 0 aliphatic carbocycles. The molecule has 2 aromatic rings. The maximum Gasteiger partial charge on any atom is 0.242 e. The van der Waals surface area contributed by atoms with Crippen LogP contribution in [0.3, 0.4) is 0 Å². The fraction of sp³-hybridized carbons (Fsp3) is 0.278. The van der Waals surface area contributed by atoms with Crippen molar-refractivity contribution in [2.75, 3.05) is 11.9 Å². The van der Waals surface area contributed by atoms with Gasteiger partial charge >= 0.3 is 0 Å². The minimum Gasteiger partial charge on any atom is -0.494 e. The molecule has 2 atom stereocenters. The molecule has 26 heavy (non-hydrogen) atoms. The van der Waals surface area contributed by atoms with Gasteiger partial charge < -0.3 is 15.4 Å². The highest BCUT2D eigenvalue weighted by atomic mass is 35.5. The summed E-state index contributed by atoms with van der Waals surface area (Å²) in [6.07, 6.45) is -0.314. The van der Waals surface area contributed by atoms with E-state index in [0.29, 0.717) is 18.2 Å². The quantitative estimate of drug-likeness (QED) is 0.507. The summed E-state index contributed by atoms with van der Waals surface area (Å²) >= 11 is 5.90. The smallest absolute Gasteiger partial charge is 0.242 e. The molecular weight excluding hydrogens is 354 g/mol. The predicted molar refractivity (Wildman–Crippen MR) is 102 cm³/mol. The van der Waals surface area contributed by atoms with Crippen LogP contribution in [0.15, 0.2) is 48.5 Å². The number of ether oxygens (including phenoxy) is 1. The van der Waals surface area contributed by atoms with E-state index in [-0.39, 0.29) is 12.1 Å². The predicted octanol–water partition coefficient (Wildman–Crippen LogP) is 1.77. The Hall–Kier alpha value is -2.32. The molecule has 2 unspecified atom stereocenters. The lowest BCUT2D eigenvalue weighted by atomic mass is 10.2. The number of hydrazine groups is 2. The summed E-state index contributed by atoms with van der Waals surface area (Å²) in [7, 11) is 0. The second kappa shape index (κ2) is 8.86. The second-order valence-electron chi connectivity index (χ2n) is 5.82. The van der Waals surface area contributed by atoms with Crippen LogP contribution in [0.1, 0.15) is 12.5 Å². The summed E-state index contributed by atoms with van der Waals surface area (Å²) in [6, 6.07) is 14.5. The molecule has 0 saturated carbocycles. The van der Waals surface area contributed by atoms with Crippen LogP contribution in [0.2, 0.25) is 5.02 Å². The fourth-order valence-corrected chi connectivity index (χ4v) is 2.76. The molecule has 8 heteroatoms. The number of halogens is 1. The van der Waals surface area contributed by atoms with Crippen LogP contribution in [0.4, 0.5) is 5.69 Å². The molecule has 1 heterocycles. The molecule has 0 radical (unpaired) electrons. The summed E-state index contributed by atoms with van der Waals surface area (Å²) < 4.78 is 5.48. The largest absolute Gasteiger partial charge is 0.494 e. The van der Waals surface area contributed by atoms with E-state index in [9.17, 15) is 4.79 Å². The maximum absolute atomic E-state index is 12.5. The zero-order valence-corrected chi connectivity index (χ0v) is 15.1. The average molecular weight is 376 g/mol. The molecule has 3 rings (SSSR count). The van der Waals surface area contributed by atoms with Gasteiger partial charge in [0.2, 0.25) is 5.91 Å². The van der Waals surface area contributed by atoms with Crippen molar-refractivity contribution in [3.63, 3.8) is 0 Å². The van der Waals surface area contributed by atoms with Crippen molar-refractivity contribution in [2.45, 2.75) is 25.7 Å². The number of hydrogen-bond acceptors (Lipinski definition) is 6. The van der Waals surface area contributed by atoms with Crippen LogP contribution in [-0.2, 0) is 11.3 Å². The highest BCUT2D eigenvalue weighted by molar-refractivity contribution is 6.30. The van der Waals surface area contributed by atoms with Crippen molar-refractivity contribution in [1.82, 2.24) is 21.7 Å². The van der Waals surface area contributed by atoms with Gasteiger partial charge in [0.05, 0.1) is 6.61 Å². The molecule has 0 aromatic heterocycles. The van der Waals surface area contributed by atoms with Gasteiger partial charge in [0, 0.05) is 17.3 Å². The molecule has 0 bridgehead atoms. The van der Waals surface area contributed by atoms with Gasteiger partial charge in [-0.05, 0) is 48.9 Å². The van der Waals surface area contributed by atoms with Crippen LogP contribution in [-0.4, -0.2) is 24.7 Å². The van der Waals surface area contributed by atoms with E-state index in [4.69, 9.17) is 16.3 Å². The van der Waals surface area contributed by atoms with Crippen LogP contribution in [0.5, 0.6) is 5.75 Å². The van der Waals surface area contributed by atoms with Gasteiger partial charge in [-0.1, -0.05) is 23.7 Å².